The van der Waals surface area contributed by atoms with Crippen molar-refractivity contribution in [1.29, 1.82) is 0 Å². The average molecular weight is 461 g/mol. The third kappa shape index (κ3) is 6.90. The van der Waals surface area contributed by atoms with E-state index in [2.05, 4.69) is 65.0 Å². The lowest BCUT2D eigenvalue weighted by atomic mass is 9.77. The van der Waals surface area contributed by atoms with Gasteiger partial charge >= 0.3 is 5.97 Å². The van der Waals surface area contributed by atoms with Crippen LogP contribution in [0.4, 0.5) is 0 Å². The van der Waals surface area contributed by atoms with Gasteiger partial charge in [0.1, 0.15) is 24.2 Å². The van der Waals surface area contributed by atoms with Crippen LogP contribution in [0.2, 0.25) is 0 Å². The fourth-order valence-electron chi connectivity index (χ4n) is 3.44. The van der Waals surface area contributed by atoms with Gasteiger partial charge in [0.25, 0.3) is 0 Å². The van der Waals surface area contributed by atoms with Gasteiger partial charge in [-0.25, -0.2) is 0 Å². The average Bonchev–Trinajstić information content (AvgIpc) is 2.75. The van der Waals surface area contributed by atoms with Gasteiger partial charge in [-0.15, -0.1) is 11.6 Å². The molecule has 0 saturated heterocycles. The van der Waals surface area contributed by atoms with Crippen molar-refractivity contribution in [3.63, 3.8) is 0 Å². The number of ether oxygens (including phenoxy) is 3. The lowest BCUT2D eigenvalue weighted by molar-refractivity contribution is -0.146. The van der Waals surface area contributed by atoms with Crippen molar-refractivity contribution < 1.29 is 19.0 Å². The highest BCUT2D eigenvalue weighted by molar-refractivity contribution is 6.18. The van der Waals surface area contributed by atoms with Gasteiger partial charge in [0.05, 0.1) is 12.5 Å². The maximum atomic E-state index is 11.2. The third-order valence-electron chi connectivity index (χ3n) is 5.94. The third-order valence-corrected chi connectivity index (χ3v) is 6.29. The minimum atomic E-state index is -0.464. The summed E-state index contributed by atoms with van der Waals surface area (Å²) >= 11 is 5.87. The van der Waals surface area contributed by atoms with Crippen LogP contribution in [0.5, 0.6) is 11.5 Å². The predicted molar refractivity (Wildman–Crippen MR) is 131 cm³/mol. The van der Waals surface area contributed by atoms with Crippen molar-refractivity contribution in [2.45, 2.75) is 66.4 Å². The number of aryl methyl sites for hydroxylation is 2. The molecule has 0 saturated carbocycles. The molecule has 4 nitrogen and oxygen atoms in total. The van der Waals surface area contributed by atoms with Crippen LogP contribution in [-0.2, 0) is 14.9 Å². The van der Waals surface area contributed by atoms with Gasteiger partial charge in [-0.1, -0.05) is 58.4 Å². The van der Waals surface area contributed by atoms with E-state index < -0.39 is 6.10 Å². The maximum absolute atomic E-state index is 11.2. The molecule has 2 atom stereocenters. The van der Waals surface area contributed by atoms with E-state index in [4.69, 9.17) is 25.8 Å². The van der Waals surface area contributed by atoms with Crippen LogP contribution in [0.3, 0.4) is 0 Å². The monoisotopic (exact) mass is 460 g/mol. The number of rotatable bonds is 11. The molecule has 0 fully saturated rings. The summed E-state index contributed by atoms with van der Waals surface area (Å²) in [5.74, 6) is 2.09. The SMILES string of the molecule is CC[C@H](C)COc1ccc(C(C)(C)c2ccc(OC[C@@H](CCl)OC(C)=O)c(C)c2)cc1C. The molecule has 32 heavy (non-hydrogen) atoms. The Bertz CT molecular complexity index is 907. The molecule has 0 amide bonds. The summed E-state index contributed by atoms with van der Waals surface area (Å²) in [6, 6.07) is 12.7. The molecule has 0 radical (unpaired) electrons. The molecular weight excluding hydrogens is 424 g/mol. The molecule has 0 aliphatic heterocycles. The Morgan fingerprint density at radius 2 is 1.47 bits per heavy atom. The van der Waals surface area contributed by atoms with Crippen molar-refractivity contribution in [2.75, 3.05) is 19.1 Å². The molecule has 0 aliphatic carbocycles. The molecule has 0 unspecified atom stereocenters. The van der Waals surface area contributed by atoms with Gasteiger partial charge in [-0.3, -0.25) is 4.79 Å². The quantitative estimate of drug-likeness (QED) is 0.280. The van der Waals surface area contributed by atoms with Crippen molar-refractivity contribution in [3.8, 4) is 11.5 Å². The van der Waals surface area contributed by atoms with Crippen LogP contribution in [0, 0.1) is 19.8 Å². The summed E-state index contributed by atoms with van der Waals surface area (Å²) in [5, 5.41) is 0. The van der Waals surface area contributed by atoms with E-state index in [0.717, 1.165) is 35.7 Å². The second-order valence-corrected chi connectivity index (χ2v) is 9.42. The Hall–Kier alpha value is -2.20. The minimum absolute atomic E-state index is 0.181. The Kier molecular flexibility index (Phi) is 9.45. The Balaban J connectivity index is 2.15. The van der Waals surface area contributed by atoms with E-state index in [0.29, 0.717) is 5.92 Å². The van der Waals surface area contributed by atoms with Gasteiger partial charge in [-0.2, -0.15) is 0 Å². The Labute approximate surface area is 198 Å². The molecule has 0 aliphatic rings. The number of hydrogen-bond acceptors (Lipinski definition) is 4. The number of esters is 1. The van der Waals surface area contributed by atoms with Crippen molar-refractivity contribution in [3.05, 3.63) is 58.7 Å². The van der Waals surface area contributed by atoms with Crippen LogP contribution in [0.15, 0.2) is 36.4 Å². The number of halogens is 1. The summed E-state index contributed by atoms with van der Waals surface area (Å²) in [6.45, 7) is 15.3. The molecule has 2 aromatic rings. The smallest absolute Gasteiger partial charge is 0.303 e. The fraction of sp³-hybridized carbons (Fsp3) is 0.519. The lowest BCUT2D eigenvalue weighted by Crippen LogP contribution is -2.26. The molecule has 5 heteroatoms. The van der Waals surface area contributed by atoms with E-state index in [1.54, 1.807) is 0 Å². The molecular formula is C27H37ClO4. The standard InChI is InChI=1S/C27H37ClO4/c1-8-18(2)16-30-25-11-9-22(13-19(25)3)27(6,7)23-10-12-26(20(4)14-23)31-17-24(15-28)32-21(5)29/h9-14,18,24H,8,15-17H2,1-7H3/t18-,24+/m0/s1. The summed E-state index contributed by atoms with van der Waals surface area (Å²) in [4.78, 5) is 11.2. The van der Waals surface area contributed by atoms with Gasteiger partial charge in [-0.05, 0) is 54.2 Å². The molecule has 0 heterocycles. The summed E-state index contributed by atoms with van der Waals surface area (Å²) in [5.41, 5.74) is 4.42. The highest BCUT2D eigenvalue weighted by Gasteiger charge is 2.25. The molecule has 0 bridgehead atoms. The number of hydrogen-bond donors (Lipinski definition) is 0. The summed E-state index contributed by atoms with van der Waals surface area (Å²) in [7, 11) is 0. The number of carbonyl (C=O) groups excluding carboxylic acids is 1. The zero-order chi connectivity index (χ0) is 23.9. The van der Waals surface area contributed by atoms with E-state index in [-0.39, 0.29) is 23.9 Å². The van der Waals surface area contributed by atoms with Crippen LogP contribution < -0.4 is 9.47 Å². The second kappa shape index (κ2) is 11.6. The van der Waals surface area contributed by atoms with E-state index in [1.807, 2.05) is 13.0 Å². The highest BCUT2D eigenvalue weighted by Crippen LogP contribution is 2.36. The Morgan fingerprint density at radius 3 is 1.88 bits per heavy atom. The lowest BCUT2D eigenvalue weighted by Gasteiger charge is -2.28. The van der Waals surface area contributed by atoms with E-state index in [9.17, 15) is 4.79 Å². The maximum Gasteiger partial charge on any atom is 0.303 e. The molecule has 2 aromatic carbocycles. The molecule has 2 rings (SSSR count). The Morgan fingerprint density at radius 1 is 0.969 bits per heavy atom. The first-order valence-corrected chi connectivity index (χ1v) is 11.8. The largest absolute Gasteiger partial charge is 0.493 e. The normalized spacial score (nSPS) is 13.4. The topological polar surface area (TPSA) is 44.8 Å². The number of benzene rings is 2. The van der Waals surface area contributed by atoms with E-state index in [1.165, 1.54) is 18.1 Å². The highest BCUT2D eigenvalue weighted by atomic mass is 35.5. The predicted octanol–water partition coefficient (Wildman–Crippen LogP) is 6.60. The molecule has 176 valence electrons. The fourth-order valence-corrected chi connectivity index (χ4v) is 3.60. The van der Waals surface area contributed by atoms with Gasteiger partial charge in [0, 0.05) is 12.3 Å². The number of carbonyl (C=O) groups is 1. The van der Waals surface area contributed by atoms with Crippen LogP contribution in [0.1, 0.15) is 63.3 Å². The van der Waals surface area contributed by atoms with Crippen molar-refractivity contribution >= 4 is 17.6 Å². The van der Waals surface area contributed by atoms with Crippen LogP contribution >= 0.6 is 11.6 Å². The zero-order valence-corrected chi connectivity index (χ0v) is 21.2. The minimum Gasteiger partial charge on any atom is -0.493 e. The van der Waals surface area contributed by atoms with Gasteiger partial charge in [0.2, 0.25) is 0 Å². The van der Waals surface area contributed by atoms with Gasteiger partial charge < -0.3 is 14.2 Å². The molecule has 0 N–H and O–H groups in total. The zero-order valence-electron chi connectivity index (χ0n) is 20.5. The first kappa shape index (κ1) is 26.1. The molecule has 0 spiro atoms. The summed E-state index contributed by atoms with van der Waals surface area (Å²) in [6.07, 6.45) is 0.646. The van der Waals surface area contributed by atoms with Crippen LogP contribution in [0.25, 0.3) is 0 Å². The van der Waals surface area contributed by atoms with Crippen molar-refractivity contribution in [2.24, 2.45) is 5.92 Å². The first-order valence-electron chi connectivity index (χ1n) is 11.3. The summed E-state index contributed by atoms with van der Waals surface area (Å²) < 4.78 is 17.0. The van der Waals surface area contributed by atoms with E-state index >= 15 is 0 Å². The second-order valence-electron chi connectivity index (χ2n) is 9.11. The van der Waals surface area contributed by atoms with Crippen LogP contribution in [-0.4, -0.2) is 31.2 Å². The number of alkyl halides is 1. The van der Waals surface area contributed by atoms with Crippen molar-refractivity contribution in [1.82, 2.24) is 0 Å². The molecule has 0 aromatic heterocycles. The van der Waals surface area contributed by atoms with Gasteiger partial charge in [0.15, 0.2) is 0 Å². The first-order chi connectivity index (χ1) is 15.1.